The van der Waals surface area contributed by atoms with Crippen LogP contribution in [0.3, 0.4) is 0 Å². The largest absolute Gasteiger partial charge is 0.351 e. The van der Waals surface area contributed by atoms with Gasteiger partial charge in [-0.15, -0.1) is 0 Å². The van der Waals surface area contributed by atoms with Crippen molar-refractivity contribution >= 4 is 27.5 Å². The number of nitrogens with one attached hydrogen (secondary N) is 3. The second-order valence-electron chi connectivity index (χ2n) is 8.21. The van der Waals surface area contributed by atoms with E-state index < -0.39 is 10.0 Å². The Morgan fingerprint density at radius 1 is 0.857 bits per heavy atom. The molecule has 3 aromatic carbocycles. The van der Waals surface area contributed by atoms with Crippen molar-refractivity contribution in [3.05, 3.63) is 95.6 Å². The quantitative estimate of drug-likeness (QED) is 0.380. The van der Waals surface area contributed by atoms with Gasteiger partial charge in [-0.3, -0.25) is 9.59 Å². The van der Waals surface area contributed by atoms with E-state index in [1.165, 1.54) is 36.8 Å². The van der Waals surface area contributed by atoms with E-state index in [4.69, 9.17) is 0 Å². The molecule has 0 atom stereocenters. The third-order valence-electron chi connectivity index (χ3n) is 5.24. The van der Waals surface area contributed by atoms with Crippen LogP contribution in [0.15, 0.2) is 83.8 Å². The molecule has 0 aliphatic rings. The van der Waals surface area contributed by atoms with Gasteiger partial charge in [0.05, 0.1) is 4.90 Å². The Balaban J connectivity index is 1.45. The molecule has 35 heavy (non-hydrogen) atoms. The summed E-state index contributed by atoms with van der Waals surface area (Å²) in [5, 5.41) is 5.51. The number of rotatable bonds is 11. The summed E-state index contributed by atoms with van der Waals surface area (Å²) in [6.07, 6.45) is 0. The predicted molar refractivity (Wildman–Crippen MR) is 136 cm³/mol. The maximum Gasteiger partial charge on any atom is 0.251 e. The van der Waals surface area contributed by atoms with Gasteiger partial charge in [0, 0.05) is 44.4 Å². The molecule has 0 heterocycles. The number of carbonyl (C=O) groups excluding carboxylic acids is 2. The van der Waals surface area contributed by atoms with Gasteiger partial charge in [0.25, 0.3) is 5.91 Å². The molecule has 0 aliphatic heterocycles. The fourth-order valence-corrected chi connectivity index (χ4v) is 4.41. The minimum absolute atomic E-state index is 0.0853. The smallest absolute Gasteiger partial charge is 0.251 e. The maximum absolute atomic E-state index is 12.5. The summed E-state index contributed by atoms with van der Waals surface area (Å²) < 4.78 is 27.6. The molecule has 0 fully saturated rings. The fourth-order valence-electron chi connectivity index (χ4n) is 3.39. The summed E-state index contributed by atoms with van der Waals surface area (Å²) in [6, 6.07) is 22.8. The van der Waals surface area contributed by atoms with Crippen LogP contribution >= 0.6 is 0 Å². The molecule has 3 aromatic rings. The number of anilines is 1. The summed E-state index contributed by atoms with van der Waals surface area (Å²) in [4.78, 5) is 25.8. The van der Waals surface area contributed by atoms with Crippen LogP contribution in [0.5, 0.6) is 0 Å². The van der Waals surface area contributed by atoms with Crippen molar-refractivity contribution in [3.63, 3.8) is 0 Å². The summed E-state index contributed by atoms with van der Waals surface area (Å²) in [5.74, 6) is -0.407. The van der Waals surface area contributed by atoms with Gasteiger partial charge in [-0.2, -0.15) is 0 Å². The molecule has 0 bridgehead atoms. The topological polar surface area (TPSA) is 108 Å². The summed E-state index contributed by atoms with van der Waals surface area (Å²) in [6.45, 7) is 3.51. The lowest BCUT2D eigenvalue weighted by Gasteiger charge is -2.17. The molecular weight excluding hydrogens is 464 g/mol. The first-order valence-corrected chi connectivity index (χ1v) is 12.7. The van der Waals surface area contributed by atoms with Gasteiger partial charge < -0.3 is 15.5 Å². The minimum Gasteiger partial charge on any atom is -0.351 e. The molecule has 8 nitrogen and oxygen atoms in total. The number of hydrogen-bond donors (Lipinski definition) is 3. The number of amides is 2. The molecule has 0 saturated carbocycles. The molecule has 184 valence electrons. The van der Waals surface area contributed by atoms with Crippen molar-refractivity contribution in [1.82, 2.24) is 14.9 Å². The summed E-state index contributed by atoms with van der Waals surface area (Å²) in [5.41, 5.74) is 2.97. The minimum atomic E-state index is -3.72. The van der Waals surface area contributed by atoms with Crippen LogP contribution in [-0.2, 0) is 27.9 Å². The van der Waals surface area contributed by atoms with E-state index in [0.29, 0.717) is 24.3 Å². The molecule has 0 saturated heterocycles. The monoisotopic (exact) mass is 494 g/mol. The Hall–Kier alpha value is -3.53. The summed E-state index contributed by atoms with van der Waals surface area (Å²) in [7, 11) is -1.71. The highest BCUT2D eigenvalue weighted by molar-refractivity contribution is 7.89. The Morgan fingerprint density at radius 3 is 2.14 bits per heavy atom. The first-order chi connectivity index (χ1) is 16.7. The van der Waals surface area contributed by atoms with Gasteiger partial charge in [-0.25, -0.2) is 13.1 Å². The van der Waals surface area contributed by atoms with Crippen LogP contribution in [0, 0.1) is 0 Å². The number of likely N-dealkylation sites (N-methyl/N-ethyl adjacent to an activating group) is 1. The average molecular weight is 495 g/mol. The van der Waals surface area contributed by atoms with E-state index in [-0.39, 0.29) is 23.3 Å². The van der Waals surface area contributed by atoms with Crippen LogP contribution in [-0.4, -0.2) is 45.3 Å². The molecule has 0 aromatic heterocycles. The lowest BCUT2D eigenvalue weighted by Crippen LogP contribution is -2.32. The standard InChI is InChI=1S/C26H30N4O4S/c1-20(31)29-24-12-14-25(15-13-24)35(33,34)28-18-21-8-10-23(11-9-21)26(32)27-16-17-30(2)19-22-6-4-3-5-7-22/h3-15,28H,16-19H2,1-2H3,(H,27,32)(H,29,31). The van der Waals surface area contributed by atoms with E-state index in [2.05, 4.69) is 32.4 Å². The zero-order chi connectivity index (χ0) is 25.3. The second-order valence-corrected chi connectivity index (χ2v) is 9.97. The van der Waals surface area contributed by atoms with E-state index in [9.17, 15) is 18.0 Å². The van der Waals surface area contributed by atoms with Crippen molar-refractivity contribution in [2.24, 2.45) is 0 Å². The van der Waals surface area contributed by atoms with Gasteiger partial charge in [-0.1, -0.05) is 42.5 Å². The van der Waals surface area contributed by atoms with E-state index in [1.807, 2.05) is 25.2 Å². The Labute approximate surface area is 206 Å². The van der Waals surface area contributed by atoms with Crippen molar-refractivity contribution in [2.75, 3.05) is 25.5 Å². The number of carbonyl (C=O) groups is 2. The second kappa shape index (κ2) is 12.3. The molecule has 0 unspecified atom stereocenters. The fraction of sp³-hybridized carbons (Fsp3) is 0.231. The molecule has 3 rings (SSSR count). The first-order valence-electron chi connectivity index (χ1n) is 11.2. The Morgan fingerprint density at radius 2 is 1.51 bits per heavy atom. The highest BCUT2D eigenvalue weighted by atomic mass is 32.2. The zero-order valence-corrected chi connectivity index (χ0v) is 20.6. The van der Waals surface area contributed by atoms with Gasteiger partial charge in [0.15, 0.2) is 0 Å². The molecule has 0 aliphatic carbocycles. The van der Waals surface area contributed by atoms with Gasteiger partial charge >= 0.3 is 0 Å². The average Bonchev–Trinajstić information content (AvgIpc) is 2.83. The third-order valence-corrected chi connectivity index (χ3v) is 6.66. The van der Waals surface area contributed by atoms with Crippen molar-refractivity contribution in [3.8, 4) is 0 Å². The number of benzene rings is 3. The maximum atomic E-state index is 12.5. The van der Waals surface area contributed by atoms with Crippen molar-refractivity contribution < 1.29 is 18.0 Å². The Bertz CT molecular complexity index is 1230. The summed E-state index contributed by atoms with van der Waals surface area (Å²) >= 11 is 0. The number of sulfonamides is 1. The number of nitrogens with zero attached hydrogens (tertiary/aromatic N) is 1. The lowest BCUT2D eigenvalue weighted by molar-refractivity contribution is -0.114. The van der Waals surface area contributed by atoms with Gasteiger partial charge in [-0.05, 0) is 54.6 Å². The molecule has 0 radical (unpaired) electrons. The van der Waals surface area contributed by atoms with Crippen LogP contribution in [0.2, 0.25) is 0 Å². The van der Waals surface area contributed by atoms with Crippen LogP contribution in [0.1, 0.15) is 28.4 Å². The molecule has 0 spiro atoms. The van der Waals surface area contributed by atoms with E-state index in [1.54, 1.807) is 24.3 Å². The van der Waals surface area contributed by atoms with Crippen LogP contribution in [0.4, 0.5) is 5.69 Å². The molecule has 9 heteroatoms. The van der Waals surface area contributed by atoms with Crippen molar-refractivity contribution in [2.45, 2.75) is 24.9 Å². The molecular formula is C26H30N4O4S. The predicted octanol–water partition coefficient (Wildman–Crippen LogP) is 2.99. The first kappa shape index (κ1) is 26.1. The zero-order valence-electron chi connectivity index (χ0n) is 19.8. The normalized spacial score (nSPS) is 11.3. The third kappa shape index (κ3) is 8.32. The van der Waals surface area contributed by atoms with Gasteiger partial charge in [0.1, 0.15) is 0 Å². The van der Waals surface area contributed by atoms with Crippen molar-refractivity contribution in [1.29, 1.82) is 0 Å². The van der Waals surface area contributed by atoms with Crippen LogP contribution in [0.25, 0.3) is 0 Å². The SMILES string of the molecule is CC(=O)Nc1ccc(S(=O)(=O)NCc2ccc(C(=O)NCCN(C)Cc3ccccc3)cc2)cc1. The van der Waals surface area contributed by atoms with Crippen LogP contribution < -0.4 is 15.4 Å². The van der Waals surface area contributed by atoms with Gasteiger partial charge in [0.2, 0.25) is 15.9 Å². The Kier molecular flexibility index (Phi) is 9.13. The number of hydrogen-bond acceptors (Lipinski definition) is 5. The highest BCUT2D eigenvalue weighted by Gasteiger charge is 2.14. The molecule has 2 amide bonds. The lowest BCUT2D eigenvalue weighted by atomic mass is 10.1. The van der Waals surface area contributed by atoms with E-state index in [0.717, 1.165) is 12.1 Å². The van der Waals surface area contributed by atoms with E-state index >= 15 is 0 Å². The highest BCUT2D eigenvalue weighted by Crippen LogP contribution is 2.15. The molecule has 3 N–H and O–H groups in total.